The Morgan fingerprint density at radius 2 is 2.22 bits per heavy atom. The summed E-state index contributed by atoms with van der Waals surface area (Å²) in [7, 11) is -4.05. The quantitative estimate of drug-likeness (QED) is 0.559. The van der Waals surface area contributed by atoms with Gasteiger partial charge in [0, 0.05) is 6.04 Å². The Kier molecular flexibility index (Phi) is 3.10. The van der Waals surface area contributed by atoms with E-state index in [0.717, 1.165) is 0 Å². The third kappa shape index (κ3) is 5.75. The Morgan fingerprint density at radius 3 is 2.33 bits per heavy atom. The molecule has 0 bridgehead atoms. The second-order valence-electron chi connectivity index (χ2n) is 1.70. The van der Waals surface area contributed by atoms with Gasteiger partial charge in [-0.25, -0.2) is 0 Å². The van der Waals surface area contributed by atoms with Crippen LogP contribution in [0.3, 0.4) is 0 Å². The van der Waals surface area contributed by atoms with Crippen LogP contribution in [0.1, 0.15) is 13.3 Å². The molecule has 0 rings (SSSR count). The van der Waals surface area contributed by atoms with Gasteiger partial charge in [0.1, 0.15) is 0 Å². The molecule has 0 saturated heterocycles. The van der Waals surface area contributed by atoms with E-state index < -0.39 is 16.3 Å². The predicted molar refractivity (Wildman–Crippen MR) is 34.1 cm³/mol. The Hall–Kier alpha value is -0.130. The maximum atomic E-state index is 10.0. The molecule has 1 atom stereocenters. The van der Waals surface area contributed by atoms with E-state index in [4.69, 9.17) is 4.55 Å². The smallest absolute Gasteiger partial charge is 0.273 e. The maximum absolute atomic E-state index is 10.0. The first-order valence-electron chi connectivity index (χ1n) is 2.53. The van der Waals surface area contributed by atoms with Crippen LogP contribution < -0.4 is 4.72 Å². The van der Waals surface area contributed by atoms with Crippen LogP contribution in [0.4, 0.5) is 0 Å². The minimum Gasteiger partial charge on any atom is -0.273 e. The Labute approximate surface area is 55.1 Å². The third-order valence-electron chi connectivity index (χ3n) is 0.808. The fourth-order valence-corrected chi connectivity index (χ4v) is 0.882. The summed E-state index contributed by atoms with van der Waals surface area (Å²) in [5, 5.41) is 0. The molecular weight excluding hydrogens is 142 g/mol. The Bertz CT molecular complexity index is 163. The lowest BCUT2D eigenvalue weighted by molar-refractivity contribution is 0.459. The van der Waals surface area contributed by atoms with Crippen LogP contribution in [0.5, 0.6) is 0 Å². The van der Waals surface area contributed by atoms with Gasteiger partial charge in [-0.15, -0.1) is 0 Å². The second-order valence-corrected chi connectivity index (χ2v) is 2.88. The summed E-state index contributed by atoms with van der Waals surface area (Å²) in [5.41, 5.74) is 0. The van der Waals surface area contributed by atoms with Gasteiger partial charge in [-0.2, -0.15) is 13.1 Å². The molecule has 0 saturated carbocycles. The van der Waals surface area contributed by atoms with Crippen molar-refractivity contribution in [3.8, 4) is 0 Å². The monoisotopic (exact) mass is 152 g/mol. The van der Waals surface area contributed by atoms with Gasteiger partial charge in [-0.05, 0) is 13.3 Å². The molecule has 1 radical (unpaired) electrons. The molecule has 0 aromatic heterocycles. The van der Waals surface area contributed by atoms with Gasteiger partial charge in [0.2, 0.25) is 0 Å². The van der Waals surface area contributed by atoms with Crippen molar-refractivity contribution in [3.05, 3.63) is 6.92 Å². The van der Waals surface area contributed by atoms with E-state index in [1.807, 2.05) is 4.72 Å². The molecular formula is C4H10NO3S. The lowest BCUT2D eigenvalue weighted by Crippen LogP contribution is -2.31. The fourth-order valence-electron chi connectivity index (χ4n) is 0.294. The number of nitrogens with one attached hydrogen (secondary N) is 1. The summed E-state index contributed by atoms with van der Waals surface area (Å²) < 4.78 is 30.0. The van der Waals surface area contributed by atoms with Gasteiger partial charge in [-0.1, -0.05) is 6.92 Å². The highest BCUT2D eigenvalue weighted by Crippen LogP contribution is 1.88. The van der Waals surface area contributed by atoms with E-state index >= 15 is 0 Å². The lowest BCUT2D eigenvalue weighted by Gasteiger charge is -2.05. The van der Waals surface area contributed by atoms with Crippen LogP contribution in [0.2, 0.25) is 0 Å². The number of hydrogen-bond donors (Lipinski definition) is 2. The van der Waals surface area contributed by atoms with E-state index in [2.05, 4.69) is 6.92 Å². The summed E-state index contributed by atoms with van der Waals surface area (Å²) >= 11 is 0. The third-order valence-corrected chi connectivity index (χ3v) is 1.44. The highest BCUT2D eigenvalue weighted by molar-refractivity contribution is 7.83. The minimum absolute atomic E-state index is 0.444. The van der Waals surface area contributed by atoms with E-state index in [0.29, 0.717) is 6.42 Å². The highest BCUT2D eigenvalue weighted by Gasteiger charge is 2.06. The molecule has 9 heavy (non-hydrogen) atoms. The van der Waals surface area contributed by atoms with Crippen LogP contribution in [0.15, 0.2) is 0 Å². The molecule has 0 amide bonds. The fraction of sp³-hybridized carbons (Fsp3) is 0.750. The largest absolute Gasteiger partial charge is 0.333 e. The van der Waals surface area contributed by atoms with Crippen LogP contribution in [-0.4, -0.2) is 19.0 Å². The molecule has 0 aliphatic heterocycles. The summed E-state index contributed by atoms with van der Waals surface area (Å²) in [4.78, 5) is 0. The van der Waals surface area contributed by atoms with Gasteiger partial charge >= 0.3 is 10.3 Å². The SMILES string of the molecule is [CH2]C(CC)NS(=O)(=O)O. The second kappa shape index (κ2) is 3.14. The van der Waals surface area contributed by atoms with Crippen LogP contribution >= 0.6 is 0 Å². The standard InChI is InChI=1S/C4H10NO3S/c1-3-4(2)5-9(6,7)8/h4-5H,2-3H2,1H3,(H,6,7,8). The van der Waals surface area contributed by atoms with Crippen molar-refractivity contribution in [2.45, 2.75) is 19.4 Å². The van der Waals surface area contributed by atoms with Gasteiger partial charge < -0.3 is 0 Å². The molecule has 0 aliphatic rings. The average molecular weight is 152 g/mol. The first kappa shape index (κ1) is 8.87. The zero-order chi connectivity index (χ0) is 7.49. The van der Waals surface area contributed by atoms with E-state index in [1.165, 1.54) is 0 Å². The average Bonchev–Trinajstić information content (AvgIpc) is 1.62. The van der Waals surface area contributed by atoms with Crippen LogP contribution in [-0.2, 0) is 10.3 Å². The van der Waals surface area contributed by atoms with Gasteiger partial charge in [-0.3, -0.25) is 4.55 Å². The minimum atomic E-state index is -4.05. The van der Waals surface area contributed by atoms with Crippen LogP contribution in [0, 0.1) is 6.92 Å². The molecule has 2 N–H and O–H groups in total. The molecule has 1 unspecified atom stereocenters. The van der Waals surface area contributed by atoms with Crippen molar-refractivity contribution in [2.24, 2.45) is 0 Å². The normalized spacial score (nSPS) is 15.4. The summed E-state index contributed by atoms with van der Waals surface area (Å²) in [5.74, 6) is 0. The topological polar surface area (TPSA) is 66.4 Å². The zero-order valence-corrected chi connectivity index (χ0v) is 5.98. The summed E-state index contributed by atoms with van der Waals surface area (Å²) in [6, 6.07) is -0.444. The molecule has 0 aromatic rings. The van der Waals surface area contributed by atoms with Crippen molar-refractivity contribution in [1.29, 1.82) is 0 Å². The predicted octanol–water partition coefficient (Wildman–Crippen LogP) is -0.00851. The molecule has 0 heterocycles. The molecule has 0 aliphatic carbocycles. The van der Waals surface area contributed by atoms with E-state index in [1.54, 1.807) is 6.92 Å². The number of hydrogen-bond acceptors (Lipinski definition) is 2. The van der Waals surface area contributed by atoms with Crippen molar-refractivity contribution >= 4 is 10.3 Å². The first-order chi connectivity index (χ1) is 3.95. The maximum Gasteiger partial charge on any atom is 0.333 e. The van der Waals surface area contributed by atoms with Crippen molar-refractivity contribution in [1.82, 2.24) is 4.72 Å². The Balaban J connectivity index is 3.75. The highest BCUT2D eigenvalue weighted by atomic mass is 32.2. The molecule has 55 valence electrons. The summed E-state index contributed by atoms with van der Waals surface area (Å²) in [6.45, 7) is 5.15. The van der Waals surface area contributed by atoms with E-state index in [-0.39, 0.29) is 0 Å². The van der Waals surface area contributed by atoms with Crippen molar-refractivity contribution in [2.75, 3.05) is 0 Å². The molecule has 0 fully saturated rings. The first-order valence-corrected chi connectivity index (χ1v) is 3.97. The van der Waals surface area contributed by atoms with Crippen molar-refractivity contribution < 1.29 is 13.0 Å². The Morgan fingerprint density at radius 1 is 1.78 bits per heavy atom. The van der Waals surface area contributed by atoms with Gasteiger partial charge in [0.25, 0.3) is 0 Å². The van der Waals surface area contributed by atoms with Gasteiger partial charge in [0.15, 0.2) is 0 Å². The van der Waals surface area contributed by atoms with Crippen molar-refractivity contribution in [3.63, 3.8) is 0 Å². The molecule has 5 heteroatoms. The summed E-state index contributed by atoms with van der Waals surface area (Å²) in [6.07, 6.45) is 0.555. The number of rotatable bonds is 3. The zero-order valence-electron chi connectivity index (χ0n) is 5.16. The molecule has 4 nitrogen and oxygen atoms in total. The molecule has 0 spiro atoms. The molecule has 0 aromatic carbocycles. The van der Waals surface area contributed by atoms with E-state index in [9.17, 15) is 8.42 Å². The lowest BCUT2D eigenvalue weighted by atomic mass is 10.3. The van der Waals surface area contributed by atoms with Crippen LogP contribution in [0.25, 0.3) is 0 Å². The van der Waals surface area contributed by atoms with Gasteiger partial charge in [0.05, 0.1) is 0 Å².